The second-order valence-electron chi connectivity index (χ2n) is 3.85. The minimum Gasteiger partial charge on any atom is -0.467 e. The van der Waals surface area contributed by atoms with Gasteiger partial charge in [-0.05, 0) is 30.9 Å². The molecule has 0 amide bonds. The predicted octanol–water partition coefficient (Wildman–Crippen LogP) is 2.05. The molecule has 0 radical (unpaired) electrons. The molecule has 3 heteroatoms. The monoisotopic (exact) mass is 205 g/mol. The highest BCUT2D eigenvalue weighted by Gasteiger charge is 2.36. The van der Waals surface area contributed by atoms with Crippen molar-refractivity contribution >= 4 is 11.7 Å². The molecule has 1 unspecified atom stereocenters. The summed E-state index contributed by atoms with van der Waals surface area (Å²) in [5.41, 5.74) is 0.972. The molecule has 15 heavy (non-hydrogen) atoms. The largest absolute Gasteiger partial charge is 0.467 e. The summed E-state index contributed by atoms with van der Waals surface area (Å²) in [5.74, 6) is 0.277. The Balaban J connectivity index is 2.04. The van der Waals surface area contributed by atoms with Crippen LogP contribution in [0.4, 0.5) is 5.69 Å². The van der Waals surface area contributed by atoms with Crippen LogP contribution in [0.3, 0.4) is 0 Å². The lowest BCUT2D eigenvalue weighted by Gasteiger charge is -2.16. The number of carbonyl (C=O) groups excluding carboxylic acids is 1. The minimum absolute atomic E-state index is 0.165. The molecule has 2 rings (SSSR count). The zero-order valence-corrected chi connectivity index (χ0v) is 8.77. The maximum Gasteiger partial charge on any atom is 0.328 e. The Morgan fingerprint density at radius 2 is 2.07 bits per heavy atom. The van der Waals surface area contributed by atoms with Gasteiger partial charge in [0.25, 0.3) is 0 Å². The maximum absolute atomic E-state index is 11.5. The van der Waals surface area contributed by atoms with Gasteiger partial charge < -0.3 is 10.1 Å². The third kappa shape index (κ3) is 2.49. The van der Waals surface area contributed by atoms with Gasteiger partial charge in [-0.25, -0.2) is 4.79 Å². The Kier molecular flexibility index (Phi) is 2.90. The van der Waals surface area contributed by atoms with E-state index in [0.717, 1.165) is 18.5 Å². The fraction of sp³-hybridized carbons (Fsp3) is 0.417. The molecule has 1 aromatic carbocycles. The quantitative estimate of drug-likeness (QED) is 0.764. The van der Waals surface area contributed by atoms with Crippen molar-refractivity contribution in [2.45, 2.75) is 18.9 Å². The Labute approximate surface area is 89.4 Å². The number of esters is 1. The molecule has 1 aromatic rings. The third-order valence-electron chi connectivity index (χ3n) is 2.64. The van der Waals surface area contributed by atoms with E-state index in [9.17, 15) is 4.79 Å². The van der Waals surface area contributed by atoms with E-state index in [1.807, 2.05) is 30.3 Å². The first-order chi connectivity index (χ1) is 7.31. The Morgan fingerprint density at radius 3 is 2.60 bits per heavy atom. The number of benzene rings is 1. The van der Waals surface area contributed by atoms with Crippen molar-refractivity contribution in [2.24, 2.45) is 5.92 Å². The summed E-state index contributed by atoms with van der Waals surface area (Å²) in [5, 5.41) is 3.22. The van der Waals surface area contributed by atoms with Gasteiger partial charge >= 0.3 is 5.97 Å². The zero-order valence-electron chi connectivity index (χ0n) is 8.77. The summed E-state index contributed by atoms with van der Waals surface area (Å²) in [6.45, 7) is 0. The van der Waals surface area contributed by atoms with Crippen LogP contribution in [0.15, 0.2) is 30.3 Å². The summed E-state index contributed by atoms with van der Waals surface area (Å²) >= 11 is 0. The predicted molar refractivity (Wildman–Crippen MR) is 58.6 cm³/mol. The van der Waals surface area contributed by atoms with Crippen LogP contribution in [-0.4, -0.2) is 19.1 Å². The number of rotatable bonds is 4. The van der Waals surface area contributed by atoms with Crippen LogP contribution in [0.25, 0.3) is 0 Å². The van der Waals surface area contributed by atoms with E-state index in [0.29, 0.717) is 5.92 Å². The normalized spacial score (nSPS) is 16.9. The van der Waals surface area contributed by atoms with Crippen LogP contribution in [-0.2, 0) is 9.53 Å². The number of ether oxygens (including phenoxy) is 1. The van der Waals surface area contributed by atoms with Crippen LogP contribution in [0.5, 0.6) is 0 Å². The summed E-state index contributed by atoms with van der Waals surface area (Å²) in [6, 6.07) is 9.58. The van der Waals surface area contributed by atoms with Crippen molar-refractivity contribution in [3.8, 4) is 0 Å². The smallest absolute Gasteiger partial charge is 0.328 e. The van der Waals surface area contributed by atoms with Crippen molar-refractivity contribution < 1.29 is 9.53 Å². The highest BCUT2D eigenvalue weighted by atomic mass is 16.5. The van der Waals surface area contributed by atoms with Gasteiger partial charge in [-0.2, -0.15) is 0 Å². The highest BCUT2D eigenvalue weighted by Crippen LogP contribution is 2.34. The SMILES string of the molecule is COC(=O)C(Nc1ccccc1)C1CC1. The molecule has 80 valence electrons. The summed E-state index contributed by atoms with van der Waals surface area (Å²) in [7, 11) is 1.43. The van der Waals surface area contributed by atoms with E-state index < -0.39 is 0 Å². The average molecular weight is 205 g/mol. The molecule has 0 spiro atoms. The topological polar surface area (TPSA) is 38.3 Å². The number of anilines is 1. The number of methoxy groups -OCH3 is 1. The summed E-state index contributed by atoms with van der Waals surface area (Å²) in [6.07, 6.45) is 2.22. The van der Waals surface area contributed by atoms with Crippen LogP contribution < -0.4 is 5.32 Å². The fourth-order valence-corrected chi connectivity index (χ4v) is 1.64. The highest BCUT2D eigenvalue weighted by molar-refractivity contribution is 5.80. The molecule has 1 fully saturated rings. The van der Waals surface area contributed by atoms with Gasteiger partial charge in [-0.1, -0.05) is 18.2 Å². The molecule has 1 N–H and O–H groups in total. The third-order valence-corrected chi connectivity index (χ3v) is 2.64. The lowest BCUT2D eigenvalue weighted by molar-refractivity contribution is -0.142. The van der Waals surface area contributed by atoms with Crippen molar-refractivity contribution in [1.82, 2.24) is 0 Å². The summed E-state index contributed by atoms with van der Waals surface area (Å²) in [4.78, 5) is 11.5. The second-order valence-corrected chi connectivity index (χ2v) is 3.85. The lowest BCUT2D eigenvalue weighted by atomic mass is 10.1. The first-order valence-corrected chi connectivity index (χ1v) is 5.20. The molecule has 0 aliphatic heterocycles. The first kappa shape index (κ1) is 10.0. The molecule has 1 saturated carbocycles. The summed E-state index contributed by atoms with van der Waals surface area (Å²) < 4.78 is 4.78. The first-order valence-electron chi connectivity index (χ1n) is 5.20. The number of nitrogens with one attached hydrogen (secondary N) is 1. The zero-order chi connectivity index (χ0) is 10.7. The molecule has 0 aromatic heterocycles. The lowest BCUT2D eigenvalue weighted by Crippen LogP contribution is -2.32. The number of hydrogen-bond acceptors (Lipinski definition) is 3. The number of hydrogen-bond donors (Lipinski definition) is 1. The number of para-hydroxylation sites is 1. The van der Waals surface area contributed by atoms with E-state index in [4.69, 9.17) is 4.74 Å². The van der Waals surface area contributed by atoms with Gasteiger partial charge in [0.2, 0.25) is 0 Å². The molecule has 3 nitrogen and oxygen atoms in total. The van der Waals surface area contributed by atoms with Crippen molar-refractivity contribution in [2.75, 3.05) is 12.4 Å². The fourth-order valence-electron chi connectivity index (χ4n) is 1.64. The molecule has 0 bridgehead atoms. The van der Waals surface area contributed by atoms with Gasteiger partial charge in [0, 0.05) is 5.69 Å². The van der Waals surface area contributed by atoms with Crippen LogP contribution in [0.2, 0.25) is 0 Å². The van der Waals surface area contributed by atoms with E-state index in [-0.39, 0.29) is 12.0 Å². The van der Waals surface area contributed by atoms with Crippen molar-refractivity contribution in [1.29, 1.82) is 0 Å². The molecule has 1 atom stereocenters. The van der Waals surface area contributed by atoms with Gasteiger partial charge in [0.1, 0.15) is 6.04 Å². The molecule has 1 aliphatic rings. The van der Waals surface area contributed by atoms with E-state index in [1.54, 1.807) is 0 Å². The van der Waals surface area contributed by atoms with Gasteiger partial charge in [-0.3, -0.25) is 0 Å². The van der Waals surface area contributed by atoms with Crippen LogP contribution in [0.1, 0.15) is 12.8 Å². The Bertz CT molecular complexity index is 333. The molecular weight excluding hydrogens is 190 g/mol. The van der Waals surface area contributed by atoms with Crippen LogP contribution in [0, 0.1) is 5.92 Å². The Hall–Kier alpha value is -1.51. The van der Waals surface area contributed by atoms with Gasteiger partial charge in [0.15, 0.2) is 0 Å². The molecule has 0 saturated heterocycles. The minimum atomic E-state index is -0.183. The van der Waals surface area contributed by atoms with Gasteiger partial charge in [0.05, 0.1) is 7.11 Å². The van der Waals surface area contributed by atoms with Crippen LogP contribution >= 0.6 is 0 Å². The van der Waals surface area contributed by atoms with Gasteiger partial charge in [-0.15, -0.1) is 0 Å². The molecule has 0 heterocycles. The standard InChI is InChI=1S/C12H15NO2/c1-15-12(14)11(9-7-8-9)13-10-5-3-2-4-6-10/h2-6,9,11,13H,7-8H2,1H3. The van der Waals surface area contributed by atoms with Crippen molar-refractivity contribution in [3.63, 3.8) is 0 Å². The van der Waals surface area contributed by atoms with E-state index in [1.165, 1.54) is 7.11 Å². The number of carbonyl (C=O) groups is 1. The Morgan fingerprint density at radius 1 is 1.40 bits per heavy atom. The van der Waals surface area contributed by atoms with Crippen molar-refractivity contribution in [3.05, 3.63) is 30.3 Å². The van der Waals surface area contributed by atoms with E-state index in [2.05, 4.69) is 5.32 Å². The van der Waals surface area contributed by atoms with E-state index >= 15 is 0 Å². The molecule has 1 aliphatic carbocycles. The maximum atomic E-state index is 11.5. The molecular formula is C12H15NO2. The second kappa shape index (κ2) is 4.34. The average Bonchev–Trinajstić information content (AvgIpc) is 3.10.